The van der Waals surface area contributed by atoms with Crippen LogP contribution >= 0.6 is 11.3 Å². The van der Waals surface area contributed by atoms with Crippen molar-refractivity contribution >= 4 is 38.2 Å². The molecule has 0 spiro atoms. The SMILES string of the molecule is CC(=O)N(Cc1ccccc1)c1sc2cc(O)ccc2c1C(N)=O. The van der Waals surface area contributed by atoms with Crippen molar-refractivity contribution in [2.24, 2.45) is 5.73 Å². The Morgan fingerprint density at radius 1 is 1.17 bits per heavy atom. The van der Waals surface area contributed by atoms with Crippen LogP contribution in [0.2, 0.25) is 0 Å². The Labute approximate surface area is 142 Å². The molecule has 3 aromatic rings. The van der Waals surface area contributed by atoms with E-state index in [4.69, 9.17) is 5.73 Å². The van der Waals surface area contributed by atoms with Crippen molar-refractivity contribution in [3.63, 3.8) is 0 Å². The number of carbonyl (C=O) groups is 2. The van der Waals surface area contributed by atoms with Crippen LogP contribution in [-0.4, -0.2) is 16.9 Å². The van der Waals surface area contributed by atoms with Crippen molar-refractivity contribution in [3.05, 3.63) is 59.7 Å². The normalized spacial score (nSPS) is 10.7. The molecule has 6 heteroatoms. The monoisotopic (exact) mass is 340 g/mol. The van der Waals surface area contributed by atoms with E-state index in [-0.39, 0.29) is 11.7 Å². The maximum absolute atomic E-state index is 12.2. The molecule has 3 rings (SSSR count). The maximum Gasteiger partial charge on any atom is 0.252 e. The van der Waals surface area contributed by atoms with Crippen molar-refractivity contribution < 1.29 is 14.7 Å². The Morgan fingerprint density at radius 2 is 1.88 bits per heavy atom. The summed E-state index contributed by atoms with van der Waals surface area (Å²) in [6.45, 7) is 1.80. The number of anilines is 1. The van der Waals surface area contributed by atoms with Crippen LogP contribution in [0.4, 0.5) is 5.00 Å². The number of benzene rings is 2. The number of hydrogen-bond donors (Lipinski definition) is 2. The third-order valence-electron chi connectivity index (χ3n) is 3.71. The number of phenolic OH excluding ortho intramolecular Hbond substituents is 1. The number of amides is 2. The first-order valence-corrected chi connectivity index (χ1v) is 8.16. The van der Waals surface area contributed by atoms with Crippen LogP contribution in [0.3, 0.4) is 0 Å². The number of carbonyl (C=O) groups excluding carboxylic acids is 2. The largest absolute Gasteiger partial charge is 0.508 e. The average Bonchev–Trinajstić information content (AvgIpc) is 2.91. The summed E-state index contributed by atoms with van der Waals surface area (Å²) in [6.07, 6.45) is 0. The number of rotatable bonds is 4. The number of nitrogens with zero attached hydrogens (tertiary/aromatic N) is 1. The summed E-state index contributed by atoms with van der Waals surface area (Å²) >= 11 is 1.27. The molecular weight excluding hydrogens is 324 g/mol. The predicted molar refractivity (Wildman–Crippen MR) is 95.3 cm³/mol. The van der Waals surface area contributed by atoms with Crippen molar-refractivity contribution in [2.45, 2.75) is 13.5 Å². The number of thiophene rings is 1. The highest BCUT2D eigenvalue weighted by molar-refractivity contribution is 7.23. The molecule has 3 N–H and O–H groups in total. The van der Waals surface area contributed by atoms with E-state index in [0.29, 0.717) is 27.2 Å². The molecule has 2 amide bonds. The molecule has 0 aliphatic heterocycles. The number of hydrogen-bond acceptors (Lipinski definition) is 4. The van der Waals surface area contributed by atoms with Gasteiger partial charge in [-0.3, -0.25) is 14.5 Å². The molecule has 24 heavy (non-hydrogen) atoms. The molecule has 122 valence electrons. The van der Waals surface area contributed by atoms with Gasteiger partial charge in [0.2, 0.25) is 5.91 Å². The molecule has 0 bridgehead atoms. The third-order valence-corrected chi connectivity index (χ3v) is 4.89. The van der Waals surface area contributed by atoms with Gasteiger partial charge in [0.05, 0.1) is 12.1 Å². The summed E-state index contributed by atoms with van der Waals surface area (Å²) in [5.74, 6) is -0.679. The van der Waals surface area contributed by atoms with Crippen LogP contribution in [0, 0.1) is 0 Å². The minimum absolute atomic E-state index is 0.101. The van der Waals surface area contributed by atoms with Gasteiger partial charge in [0.15, 0.2) is 0 Å². The molecule has 0 aliphatic carbocycles. The number of fused-ring (bicyclic) bond motifs is 1. The van der Waals surface area contributed by atoms with Gasteiger partial charge in [0.25, 0.3) is 5.91 Å². The summed E-state index contributed by atoms with van der Waals surface area (Å²) in [7, 11) is 0. The fraction of sp³-hybridized carbons (Fsp3) is 0.111. The first kappa shape index (κ1) is 16.0. The Kier molecular flexibility index (Phi) is 4.22. The lowest BCUT2D eigenvalue weighted by molar-refractivity contribution is -0.116. The highest BCUT2D eigenvalue weighted by Gasteiger charge is 2.24. The van der Waals surface area contributed by atoms with E-state index >= 15 is 0 Å². The summed E-state index contributed by atoms with van der Waals surface area (Å²) in [5, 5.41) is 10.8. The molecule has 5 nitrogen and oxygen atoms in total. The standard InChI is InChI=1S/C18H16N2O3S/c1-11(21)20(10-12-5-3-2-4-6-12)18-16(17(19)23)14-8-7-13(22)9-15(14)24-18/h2-9,22H,10H2,1H3,(H2,19,23). The first-order chi connectivity index (χ1) is 11.5. The van der Waals surface area contributed by atoms with Crippen LogP contribution in [-0.2, 0) is 11.3 Å². The zero-order valence-corrected chi connectivity index (χ0v) is 13.8. The van der Waals surface area contributed by atoms with Crippen LogP contribution in [0.15, 0.2) is 48.5 Å². The van der Waals surface area contributed by atoms with Gasteiger partial charge in [-0.25, -0.2) is 0 Å². The number of phenols is 1. The lowest BCUT2D eigenvalue weighted by Gasteiger charge is -2.20. The molecule has 0 unspecified atom stereocenters. The van der Waals surface area contributed by atoms with Crippen LogP contribution in [0.1, 0.15) is 22.8 Å². The predicted octanol–water partition coefficient (Wildman–Crippen LogP) is 3.26. The summed E-state index contributed by atoms with van der Waals surface area (Å²) in [4.78, 5) is 25.7. The molecular formula is C18H16N2O3S. The fourth-order valence-corrected chi connectivity index (χ4v) is 3.88. The second-order valence-electron chi connectivity index (χ2n) is 5.42. The van der Waals surface area contributed by atoms with Crippen LogP contribution < -0.4 is 10.6 Å². The maximum atomic E-state index is 12.2. The van der Waals surface area contributed by atoms with Gasteiger partial charge >= 0.3 is 0 Å². The fourth-order valence-electron chi connectivity index (χ4n) is 2.59. The van der Waals surface area contributed by atoms with Gasteiger partial charge in [-0.2, -0.15) is 0 Å². The Hall–Kier alpha value is -2.86. The van der Waals surface area contributed by atoms with Crippen molar-refractivity contribution in [1.82, 2.24) is 0 Å². The Morgan fingerprint density at radius 3 is 2.50 bits per heavy atom. The molecule has 0 saturated carbocycles. The van der Waals surface area contributed by atoms with E-state index in [1.807, 2.05) is 30.3 Å². The zero-order valence-electron chi connectivity index (χ0n) is 13.0. The lowest BCUT2D eigenvalue weighted by Crippen LogP contribution is -2.29. The second kappa shape index (κ2) is 6.33. The number of nitrogens with two attached hydrogens (primary N) is 1. The summed E-state index contributed by atoms with van der Waals surface area (Å²) < 4.78 is 0.707. The molecule has 1 aromatic heterocycles. The van der Waals surface area contributed by atoms with Gasteiger partial charge in [-0.05, 0) is 23.8 Å². The third kappa shape index (κ3) is 2.96. The van der Waals surface area contributed by atoms with Crippen molar-refractivity contribution in [3.8, 4) is 5.75 Å². The van der Waals surface area contributed by atoms with Gasteiger partial charge in [0.1, 0.15) is 10.8 Å². The minimum atomic E-state index is -0.596. The summed E-state index contributed by atoms with van der Waals surface area (Å²) in [5.41, 5.74) is 6.82. The van der Waals surface area contributed by atoms with E-state index in [1.165, 1.54) is 29.2 Å². The van der Waals surface area contributed by atoms with E-state index in [1.54, 1.807) is 12.1 Å². The molecule has 0 fully saturated rings. The smallest absolute Gasteiger partial charge is 0.252 e. The lowest BCUT2D eigenvalue weighted by atomic mass is 10.1. The van der Waals surface area contributed by atoms with Crippen LogP contribution in [0.5, 0.6) is 5.75 Å². The van der Waals surface area contributed by atoms with E-state index in [9.17, 15) is 14.7 Å². The Balaban J connectivity index is 2.15. The molecule has 0 radical (unpaired) electrons. The second-order valence-corrected chi connectivity index (χ2v) is 6.45. The van der Waals surface area contributed by atoms with E-state index < -0.39 is 5.91 Å². The van der Waals surface area contributed by atoms with Gasteiger partial charge < -0.3 is 10.8 Å². The number of aromatic hydroxyl groups is 1. The van der Waals surface area contributed by atoms with Gasteiger partial charge in [0, 0.05) is 17.0 Å². The quantitative estimate of drug-likeness (QED) is 0.764. The van der Waals surface area contributed by atoms with Crippen molar-refractivity contribution in [2.75, 3.05) is 4.90 Å². The molecule has 0 saturated heterocycles. The Bertz CT molecular complexity index is 919. The first-order valence-electron chi connectivity index (χ1n) is 7.34. The van der Waals surface area contributed by atoms with E-state index in [0.717, 1.165) is 5.56 Å². The molecule has 1 heterocycles. The topological polar surface area (TPSA) is 83.6 Å². The molecule has 0 aliphatic rings. The average molecular weight is 340 g/mol. The molecule has 2 aromatic carbocycles. The van der Waals surface area contributed by atoms with Gasteiger partial charge in [-0.1, -0.05) is 30.3 Å². The highest BCUT2D eigenvalue weighted by atomic mass is 32.1. The summed E-state index contributed by atoms with van der Waals surface area (Å²) in [6, 6.07) is 14.2. The molecule has 0 atom stereocenters. The van der Waals surface area contributed by atoms with Crippen molar-refractivity contribution in [1.29, 1.82) is 0 Å². The van der Waals surface area contributed by atoms with E-state index in [2.05, 4.69) is 0 Å². The minimum Gasteiger partial charge on any atom is -0.508 e. The van der Waals surface area contributed by atoms with Crippen LogP contribution in [0.25, 0.3) is 10.1 Å². The zero-order chi connectivity index (χ0) is 17.3. The van der Waals surface area contributed by atoms with Gasteiger partial charge in [-0.15, -0.1) is 11.3 Å². The number of primary amides is 1. The highest BCUT2D eigenvalue weighted by Crippen LogP contribution is 2.40.